The van der Waals surface area contributed by atoms with Crippen LogP contribution in [0.3, 0.4) is 0 Å². The zero-order chi connectivity index (χ0) is 24.4. The summed E-state index contributed by atoms with van der Waals surface area (Å²) >= 11 is 0. The summed E-state index contributed by atoms with van der Waals surface area (Å²) in [6.07, 6.45) is 1.74. The topological polar surface area (TPSA) is 108 Å². The van der Waals surface area contributed by atoms with Crippen molar-refractivity contribution < 1.29 is 38.1 Å². The molecule has 0 N–H and O–H groups in total. The summed E-state index contributed by atoms with van der Waals surface area (Å²) in [6.45, 7) is 11.3. The Kier molecular flexibility index (Phi) is 11.1. The zero-order valence-corrected chi connectivity index (χ0v) is 20.4. The summed E-state index contributed by atoms with van der Waals surface area (Å²) in [6, 6.07) is 0. The molecule has 1 fully saturated rings. The van der Waals surface area contributed by atoms with Gasteiger partial charge < -0.3 is 18.9 Å². The van der Waals surface area contributed by atoms with E-state index < -0.39 is 17.9 Å². The molecule has 0 aromatic rings. The average Bonchev–Trinajstić information content (AvgIpc) is 2.69. The van der Waals surface area contributed by atoms with Crippen molar-refractivity contribution in [1.29, 1.82) is 0 Å². The monoisotopic (exact) mass is 457 g/mol. The van der Waals surface area contributed by atoms with E-state index in [2.05, 4.69) is 37.3 Å². The van der Waals surface area contributed by atoms with Crippen molar-refractivity contribution in [2.45, 2.75) is 96.7 Å². The van der Waals surface area contributed by atoms with Crippen LogP contribution in [0, 0.1) is 0 Å². The average molecular weight is 458 g/mol. The van der Waals surface area contributed by atoms with Gasteiger partial charge in [-0.1, -0.05) is 6.92 Å². The highest BCUT2D eigenvalue weighted by molar-refractivity contribution is 5.78. The van der Waals surface area contributed by atoms with Crippen LogP contribution in [-0.4, -0.2) is 72.8 Å². The number of piperidine rings is 1. The molecule has 0 spiro atoms. The van der Waals surface area contributed by atoms with Crippen molar-refractivity contribution in [3.05, 3.63) is 0 Å². The smallest absolute Gasteiger partial charge is 0.306 e. The maximum Gasteiger partial charge on any atom is 0.306 e. The van der Waals surface area contributed by atoms with Crippen LogP contribution in [0.5, 0.6) is 0 Å². The number of rotatable bonds is 12. The largest absolute Gasteiger partial charge is 0.469 e. The molecule has 0 aromatic carbocycles. The fourth-order valence-corrected chi connectivity index (χ4v) is 4.28. The van der Waals surface area contributed by atoms with Crippen LogP contribution >= 0.6 is 0 Å². The maximum atomic E-state index is 12.2. The van der Waals surface area contributed by atoms with E-state index in [-0.39, 0.29) is 55.4 Å². The molecule has 1 rings (SSSR count). The third kappa shape index (κ3) is 9.54. The van der Waals surface area contributed by atoms with Gasteiger partial charge in [-0.3, -0.25) is 24.1 Å². The molecule has 0 aliphatic carbocycles. The molecule has 1 saturated heterocycles. The van der Waals surface area contributed by atoms with Crippen LogP contribution in [-0.2, 0) is 38.1 Å². The number of carbonyl (C=O) groups excluding carboxylic acids is 4. The normalized spacial score (nSPS) is 17.9. The Morgan fingerprint density at radius 3 is 1.75 bits per heavy atom. The number of hydrogen-bond acceptors (Lipinski definition) is 9. The number of nitrogens with zero attached hydrogens (tertiary/aromatic N) is 1. The van der Waals surface area contributed by atoms with Gasteiger partial charge in [-0.25, -0.2) is 0 Å². The molecule has 184 valence electrons. The summed E-state index contributed by atoms with van der Waals surface area (Å²) in [5.74, 6) is -1.67. The first kappa shape index (κ1) is 27.9. The van der Waals surface area contributed by atoms with E-state index in [4.69, 9.17) is 14.2 Å². The highest BCUT2D eigenvalue weighted by Gasteiger charge is 2.46. The SMILES string of the molecule is CCCOC(=O)CCC(=O)OC1CC(C)(C)N(CCOC(=O)CCC(=O)OC)C(C)(C)C1. The van der Waals surface area contributed by atoms with E-state index in [1.165, 1.54) is 7.11 Å². The van der Waals surface area contributed by atoms with Crippen molar-refractivity contribution in [2.75, 3.05) is 26.9 Å². The Morgan fingerprint density at radius 1 is 0.781 bits per heavy atom. The van der Waals surface area contributed by atoms with Gasteiger partial charge in [0.25, 0.3) is 0 Å². The van der Waals surface area contributed by atoms with E-state index in [1.807, 2.05) is 6.92 Å². The first-order chi connectivity index (χ1) is 14.9. The van der Waals surface area contributed by atoms with E-state index in [1.54, 1.807) is 0 Å². The molecule has 0 aromatic heterocycles. The van der Waals surface area contributed by atoms with Gasteiger partial charge in [0, 0.05) is 30.5 Å². The lowest BCUT2D eigenvalue weighted by Gasteiger charge is -2.54. The molecule has 0 saturated carbocycles. The summed E-state index contributed by atoms with van der Waals surface area (Å²) in [4.78, 5) is 49.0. The van der Waals surface area contributed by atoms with Gasteiger partial charge in [-0.15, -0.1) is 0 Å². The van der Waals surface area contributed by atoms with Crippen LogP contribution in [0.1, 0.15) is 79.6 Å². The van der Waals surface area contributed by atoms with E-state index >= 15 is 0 Å². The van der Waals surface area contributed by atoms with Crippen LogP contribution in [0.4, 0.5) is 0 Å². The number of carbonyl (C=O) groups is 4. The summed E-state index contributed by atoms with van der Waals surface area (Å²) in [5.41, 5.74) is -0.601. The molecule has 0 atom stereocenters. The number of methoxy groups -OCH3 is 1. The van der Waals surface area contributed by atoms with Crippen LogP contribution in [0.25, 0.3) is 0 Å². The van der Waals surface area contributed by atoms with Crippen molar-refractivity contribution in [3.63, 3.8) is 0 Å². The highest BCUT2D eigenvalue weighted by atomic mass is 16.6. The van der Waals surface area contributed by atoms with Crippen molar-refractivity contribution in [3.8, 4) is 0 Å². The van der Waals surface area contributed by atoms with Gasteiger partial charge >= 0.3 is 23.9 Å². The first-order valence-corrected chi connectivity index (χ1v) is 11.3. The number of ether oxygens (including phenoxy) is 4. The lowest BCUT2D eigenvalue weighted by Crippen LogP contribution is -2.63. The molecule has 0 bridgehead atoms. The quantitative estimate of drug-likeness (QED) is 0.323. The lowest BCUT2D eigenvalue weighted by molar-refractivity contribution is -0.164. The highest BCUT2D eigenvalue weighted by Crippen LogP contribution is 2.39. The Hall–Kier alpha value is -2.16. The predicted octanol–water partition coefficient (Wildman–Crippen LogP) is 2.78. The van der Waals surface area contributed by atoms with E-state index in [0.29, 0.717) is 26.0 Å². The molecule has 9 heteroatoms. The van der Waals surface area contributed by atoms with E-state index in [9.17, 15) is 19.2 Å². The molecule has 1 aliphatic heterocycles. The molecular weight excluding hydrogens is 418 g/mol. The van der Waals surface area contributed by atoms with Gasteiger partial charge in [-0.05, 0) is 34.1 Å². The second-order valence-electron chi connectivity index (χ2n) is 9.31. The third-order valence-electron chi connectivity index (χ3n) is 5.55. The number of hydrogen-bond donors (Lipinski definition) is 0. The van der Waals surface area contributed by atoms with Crippen molar-refractivity contribution >= 4 is 23.9 Å². The standard InChI is InChI=1S/C23H39NO8/c1-7-13-30-19(26)10-11-21(28)32-17-15-22(2,3)24(23(4,5)16-17)12-14-31-20(27)9-8-18(25)29-6/h17H,7-16H2,1-6H3. The molecule has 1 heterocycles. The second-order valence-corrected chi connectivity index (χ2v) is 9.31. The molecule has 9 nitrogen and oxygen atoms in total. The Bertz CT molecular complexity index is 640. The summed E-state index contributed by atoms with van der Waals surface area (Å²) in [5, 5.41) is 0. The Labute approximate surface area is 191 Å². The minimum absolute atomic E-state index is 0.000588. The fourth-order valence-electron chi connectivity index (χ4n) is 4.28. The lowest BCUT2D eigenvalue weighted by atomic mass is 9.78. The van der Waals surface area contributed by atoms with Gasteiger partial charge in [0.2, 0.25) is 0 Å². The second kappa shape index (κ2) is 12.8. The van der Waals surface area contributed by atoms with Crippen LogP contribution in [0.2, 0.25) is 0 Å². The minimum atomic E-state index is -0.446. The van der Waals surface area contributed by atoms with Crippen molar-refractivity contribution in [1.82, 2.24) is 4.90 Å². The molecule has 0 radical (unpaired) electrons. The van der Waals surface area contributed by atoms with Gasteiger partial charge in [0.15, 0.2) is 0 Å². The zero-order valence-electron chi connectivity index (χ0n) is 20.4. The third-order valence-corrected chi connectivity index (χ3v) is 5.55. The van der Waals surface area contributed by atoms with Gasteiger partial charge in [-0.2, -0.15) is 0 Å². The Morgan fingerprint density at radius 2 is 1.25 bits per heavy atom. The minimum Gasteiger partial charge on any atom is -0.469 e. The van der Waals surface area contributed by atoms with Crippen LogP contribution < -0.4 is 0 Å². The van der Waals surface area contributed by atoms with E-state index in [0.717, 1.165) is 6.42 Å². The molecule has 1 aliphatic rings. The van der Waals surface area contributed by atoms with Gasteiger partial charge in [0.05, 0.1) is 39.4 Å². The maximum absolute atomic E-state index is 12.2. The summed E-state index contributed by atoms with van der Waals surface area (Å²) in [7, 11) is 1.28. The fraction of sp³-hybridized carbons (Fsp3) is 0.826. The molecular formula is C23H39NO8. The molecule has 0 unspecified atom stereocenters. The molecule has 32 heavy (non-hydrogen) atoms. The van der Waals surface area contributed by atoms with Gasteiger partial charge in [0.1, 0.15) is 12.7 Å². The van der Waals surface area contributed by atoms with Crippen LogP contribution in [0.15, 0.2) is 0 Å². The molecule has 0 amide bonds. The number of esters is 4. The number of likely N-dealkylation sites (tertiary alicyclic amines) is 1. The predicted molar refractivity (Wildman–Crippen MR) is 117 cm³/mol. The first-order valence-electron chi connectivity index (χ1n) is 11.3. The van der Waals surface area contributed by atoms with Crippen molar-refractivity contribution in [2.24, 2.45) is 0 Å². The Balaban J connectivity index is 2.52. The summed E-state index contributed by atoms with van der Waals surface area (Å²) < 4.78 is 20.5.